The third-order valence-electron chi connectivity index (χ3n) is 3.21. The number of benzene rings is 1. The number of non-ortho nitro benzene ring substituents is 1. The first-order chi connectivity index (χ1) is 8.22. The van der Waals surface area contributed by atoms with Gasteiger partial charge in [0.1, 0.15) is 0 Å². The topological polar surface area (TPSA) is 58.4 Å². The molecule has 0 aliphatic heterocycles. The Hall–Kier alpha value is -1.62. The predicted octanol–water partition coefficient (Wildman–Crippen LogP) is 2.66. The van der Waals surface area contributed by atoms with Gasteiger partial charge in [-0.25, -0.2) is 0 Å². The average Bonchev–Trinajstić information content (AvgIpc) is 2.25. The third kappa shape index (κ3) is 3.70. The standard InChI is InChI=1S/C13H21N3O2/c1-10-6-11(8-12(7-10)16(17)18)14-9-13(2,3)15(4)5/h6-8,14H,9H2,1-5H3. The molecule has 0 spiro atoms. The van der Waals surface area contributed by atoms with Crippen molar-refractivity contribution in [3.05, 3.63) is 33.9 Å². The summed E-state index contributed by atoms with van der Waals surface area (Å²) in [7, 11) is 4.03. The Morgan fingerprint density at radius 1 is 1.33 bits per heavy atom. The highest BCUT2D eigenvalue weighted by Crippen LogP contribution is 2.21. The summed E-state index contributed by atoms with van der Waals surface area (Å²) in [4.78, 5) is 12.5. The number of nitrogens with zero attached hydrogens (tertiary/aromatic N) is 2. The molecule has 0 saturated carbocycles. The molecule has 0 amide bonds. The molecule has 0 unspecified atom stereocenters. The van der Waals surface area contributed by atoms with E-state index in [4.69, 9.17) is 0 Å². The lowest BCUT2D eigenvalue weighted by Gasteiger charge is -2.33. The molecule has 5 nitrogen and oxygen atoms in total. The van der Waals surface area contributed by atoms with E-state index in [-0.39, 0.29) is 16.1 Å². The van der Waals surface area contributed by atoms with Gasteiger partial charge in [-0.2, -0.15) is 0 Å². The van der Waals surface area contributed by atoms with Crippen LogP contribution in [0, 0.1) is 17.0 Å². The van der Waals surface area contributed by atoms with E-state index in [9.17, 15) is 10.1 Å². The SMILES string of the molecule is Cc1cc(NCC(C)(C)N(C)C)cc([N+](=O)[O-])c1. The highest BCUT2D eigenvalue weighted by Gasteiger charge is 2.20. The molecular formula is C13H21N3O2. The molecular weight excluding hydrogens is 230 g/mol. The van der Waals surface area contributed by atoms with Crippen molar-refractivity contribution in [1.82, 2.24) is 4.90 Å². The summed E-state index contributed by atoms with van der Waals surface area (Å²) < 4.78 is 0. The molecule has 1 rings (SSSR count). The van der Waals surface area contributed by atoms with Gasteiger partial charge in [0.15, 0.2) is 0 Å². The van der Waals surface area contributed by atoms with Crippen molar-refractivity contribution in [2.75, 3.05) is 26.0 Å². The molecule has 5 heteroatoms. The molecule has 0 atom stereocenters. The zero-order chi connectivity index (χ0) is 13.9. The van der Waals surface area contributed by atoms with E-state index in [0.717, 1.165) is 17.8 Å². The zero-order valence-electron chi connectivity index (χ0n) is 11.7. The summed E-state index contributed by atoms with van der Waals surface area (Å²) in [6.07, 6.45) is 0. The Kier molecular flexibility index (Phi) is 4.29. The van der Waals surface area contributed by atoms with Crippen molar-refractivity contribution in [1.29, 1.82) is 0 Å². The number of rotatable bonds is 5. The molecule has 0 heterocycles. The molecule has 1 N–H and O–H groups in total. The van der Waals surface area contributed by atoms with Crippen LogP contribution in [0.15, 0.2) is 18.2 Å². The molecule has 0 bridgehead atoms. The van der Waals surface area contributed by atoms with Crippen LogP contribution >= 0.6 is 0 Å². The Balaban J connectivity index is 2.83. The van der Waals surface area contributed by atoms with Crippen molar-refractivity contribution in [3.63, 3.8) is 0 Å². The fraction of sp³-hybridized carbons (Fsp3) is 0.538. The minimum absolute atomic E-state index is 0.0154. The monoisotopic (exact) mass is 251 g/mol. The molecule has 0 saturated heterocycles. The van der Waals surface area contributed by atoms with Crippen molar-refractivity contribution < 1.29 is 4.92 Å². The normalized spacial score (nSPS) is 11.7. The van der Waals surface area contributed by atoms with Gasteiger partial charge in [-0.3, -0.25) is 10.1 Å². The number of nitro groups is 1. The van der Waals surface area contributed by atoms with Crippen LogP contribution in [-0.4, -0.2) is 36.0 Å². The van der Waals surface area contributed by atoms with Crippen LogP contribution in [0.2, 0.25) is 0 Å². The number of likely N-dealkylation sites (N-methyl/N-ethyl adjacent to an activating group) is 1. The first-order valence-electron chi connectivity index (χ1n) is 5.90. The van der Waals surface area contributed by atoms with Gasteiger partial charge < -0.3 is 10.2 Å². The molecule has 1 aromatic carbocycles. The second-order valence-corrected chi connectivity index (χ2v) is 5.37. The summed E-state index contributed by atoms with van der Waals surface area (Å²) in [5, 5.41) is 14.0. The van der Waals surface area contributed by atoms with Crippen molar-refractivity contribution >= 4 is 11.4 Å². The molecule has 0 aliphatic rings. The molecule has 0 aromatic heterocycles. The van der Waals surface area contributed by atoms with Gasteiger partial charge in [0.2, 0.25) is 0 Å². The van der Waals surface area contributed by atoms with Crippen molar-refractivity contribution in [2.24, 2.45) is 0 Å². The Morgan fingerprint density at radius 2 is 1.94 bits per heavy atom. The first kappa shape index (κ1) is 14.4. The van der Waals surface area contributed by atoms with E-state index >= 15 is 0 Å². The van der Waals surface area contributed by atoms with E-state index in [0.29, 0.717) is 0 Å². The molecule has 0 aliphatic carbocycles. The van der Waals surface area contributed by atoms with Crippen molar-refractivity contribution in [2.45, 2.75) is 26.3 Å². The predicted molar refractivity (Wildman–Crippen MR) is 74.1 cm³/mol. The van der Waals surface area contributed by atoms with Crippen LogP contribution in [0.25, 0.3) is 0 Å². The van der Waals surface area contributed by atoms with Crippen LogP contribution in [0.3, 0.4) is 0 Å². The van der Waals surface area contributed by atoms with Gasteiger partial charge in [-0.05, 0) is 46.5 Å². The number of nitro benzene ring substituents is 1. The first-order valence-corrected chi connectivity index (χ1v) is 5.90. The lowest BCUT2D eigenvalue weighted by atomic mass is 10.0. The second kappa shape index (κ2) is 5.35. The van der Waals surface area contributed by atoms with Crippen LogP contribution in [0.4, 0.5) is 11.4 Å². The van der Waals surface area contributed by atoms with E-state index in [1.165, 1.54) is 0 Å². The minimum Gasteiger partial charge on any atom is -0.383 e. The fourth-order valence-electron chi connectivity index (χ4n) is 1.45. The largest absolute Gasteiger partial charge is 0.383 e. The third-order valence-corrected chi connectivity index (χ3v) is 3.21. The summed E-state index contributed by atoms with van der Waals surface area (Å²) in [6.45, 7) is 6.81. The molecule has 1 aromatic rings. The number of nitrogens with one attached hydrogen (secondary N) is 1. The number of hydrogen-bond donors (Lipinski definition) is 1. The second-order valence-electron chi connectivity index (χ2n) is 5.37. The number of anilines is 1. The lowest BCUT2D eigenvalue weighted by Crippen LogP contribution is -2.44. The maximum atomic E-state index is 10.8. The smallest absolute Gasteiger partial charge is 0.271 e. The van der Waals surface area contributed by atoms with Crippen LogP contribution in [0.5, 0.6) is 0 Å². The van der Waals surface area contributed by atoms with Gasteiger partial charge in [0, 0.05) is 29.9 Å². The Morgan fingerprint density at radius 3 is 2.44 bits per heavy atom. The molecule has 100 valence electrons. The maximum Gasteiger partial charge on any atom is 0.271 e. The van der Waals surface area contributed by atoms with Crippen LogP contribution in [-0.2, 0) is 0 Å². The quantitative estimate of drug-likeness (QED) is 0.645. The van der Waals surface area contributed by atoms with E-state index in [1.54, 1.807) is 12.1 Å². The van der Waals surface area contributed by atoms with Gasteiger partial charge in [-0.1, -0.05) is 0 Å². The number of hydrogen-bond acceptors (Lipinski definition) is 4. The maximum absolute atomic E-state index is 10.8. The van der Waals surface area contributed by atoms with E-state index in [1.807, 2.05) is 27.1 Å². The van der Waals surface area contributed by atoms with E-state index < -0.39 is 0 Å². The highest BCUT2D eigenvalue weighted by atomic mass is 16.6. The Labute approximate surface area is 108 Å². The highest BCUT2D eigenvalue weighted by molar-refractivity contribution is 5.54. The molecule has 0 fully saturated rings. The van der Waals surface area contributed by atoms with E-state index in [2.05, 4.69) is 24.1 Å². The van der Waals surface area contributed by atoms with Crippen LogP contribution < -0.4 is 5.32 Å². The summed E-state index contributed by atoms with van der Waals surface area (Å²) in [5.74, 6) is 0. The zero-order valence-corrected chi connectivity index (χ0v) is 11.7. The summed E-state index contributed by atoms with van der Waals surface area (Å²) >= 11 is 0. The summed E-state index contributed by atoms with van der Waals surface area (Å²) in [6, 6.07) is 5.06. The minimum atomic E-state index is -0.366. The summed E-state index contributed by atoms with van der Waals surface area (Å²) in [5.41, 5.74) is 1.78. The van der Waals surface area contributed by atoms with Crippen molar-refractivity contribution in [3.8, 4) is 0 Å². The molecule has 18 heavy (non-hydrogen) atoms. The molecule has 0 radical (unpaired) electrons. The lowest BCUT2D eigenvalue weighted by molar-refractivity contribution is -0.384. The van der Waals surface area contributed by atoms with Gasteiger partial charge >= 0.3 is 0 Å². The van der Waals surface area contributed by atoms with Crippen LogP contribution in [0.1, 0.15) is 19.4 Å². The van der Waals surface area contributed by atoms with Gasteiger partial charge in [0.05, 0.1) is 4.92 Å². The number of aryl methyl sites for hydroxylation is 1. The Bertz CT molecular complexity index is 442. The average molecular weight is 251 g/mol. The fourth-order valence-corrected chi connectivity index (χ4v) is 1.45. The van der Waals surface area contributed by atoms with Gasteiger partial charge in [0.25, 0.3) is 5.69 Å². The van der Waals surface area contributed by atoms with Gasteiger partial charge in [-0.15, -0.1) is 0 Å².